The summed E-state index contributed by atoms with van der Waals surface area (Å²) in [6.45, 7) is 4.62. The van der Waals surface area contributed by atoms with Crippen LogP contribution in [0.5, 0.6) is 0 Å². The van der Waals surface area contributed by atoms with Crippen molar-refractivity contribution in [3.63, 3.8) is 0 Å². The van der Waals surface area contributed by atoms with E-state index in [-0.39, 0.29) is 24.4 Å². The molecule has 6 nitrogen and oxygen atoms in total. The molecule has 0 aliphatic heterocycles. The highest BCUT2D eigenvalue weighted by atomic mass is 35.5. The number of para-hydroxylation sites is 2. The summed E-state index contributed by atoms with van der Waals surface area (Å²) in [5.74, 6) is 0.665. The van der Waals surface area contributed by atoms with Gasteiger partial charge in [0.2, 0.25) is 5.91 Å². The molecule has 3 aromatic rings. The Kier molecular flexibility index (Phi) is 6.88. The molecule has 0 atom stereocenters. The standard InChI is InChI=1S/C22H25ClN4O2/c1-15(2)25-21(28)14-27-19-7-4-3-6-18(19)26-20(27)8-5-13-24-22(29)16-9-11-17(23)12-10-16/h3-4,6-7,9-12,15H,5,8,13-14H2,1-2H3,(H,24,29)(H,25,28). The predicted octanol–water partition coefficient (Wildman–Crippen LogP) is 3.58. The molecule has 0 saturated carbocycles. The summed E-state index contributed by atoms with van der Waals surface area (Å²) in [4.78, 5) is 29.2. The highest BCUT2D eigenvalue weighted by Gasteiger charge is 2.14. The number of nitrogens with zero attached hydrogens (tertiary/aromatic N) is 2. The molecule has 1 heterocycles. The number of benzene rings is 2. The van der Waals surface area contributed by atoms with Crippen LogP contribution in [0.4, 0.5) is 0 Å². The summed E-state index contributed by atoms with van der Waals surface area (Å²) >= 11 is 5.85. The van der Waals surface area contributed by atoms with Crippen LogP contribution in [0.1, 0.15) is 36.5 Å². The minimum atomic E-state index is -0.133. The number of hydrogen-bond acceptors (Lipinski definition) is 3. The number of halogens is 1. The highest BCUT2D eigenvalue weighted by molar-refractivity contribution is 6.30. The van der Waals surface area contributed by atoms with Crippen LogP contribution in [0.15, 0.2) is 48.5 Å². The SMILES string of the molecule is CC(C)NC(=O)Cn1c(CCCNC(=O)c2ccc(Cl)cc2)nc2ccccc21. The number of amides is 2. The van der Waals surface area contributed by atoms with E-state index in [9.17, 15) is 9.59 Å². The number of carbonyl (C=O) groups is 2. The number of fused-ring (bicyclic) bond motifs is 1. The van der Waals surface area contributed by atoms with Crippen molar-refractivity contribution in [1.82, 2.24) is 20.2 Å². The van der Waals surface area contributed by atoms with Crippen LogP contribution < -0.4 is 10.6 Å². The molecular weight excluding hydrogens is 388 g/mol. The molecule has 0 radical (unpaired) electrons. The van der Waals surface area contributed by atoms with E-state index >= 15 is 0 Å². The summed E-state index contributed by atoms with van der Waals surface area (Å²) in [5.41, 5.74) is 2.38. The minimum absolute atomic E-state index is 0.0413. The minimum Gasteiger partial charge on any atom is -0.352 e. The fourth-order valence-corrected chi connectivity index (χ4v) is 3.28. The number of nitrogens with one attached hydrogen (secondary N) is 2. The van der Waals surface area contributed by atoms with Gasteiger partial charge in [0.1, 0.15) is 12.4 Å². The lowest BCUT2D eigenvalue weighted by Gasteiger charge is -2.12. The molecule has 1 aromatic heterocycles. The topological polar surface area (TPSA) is 76.0 Å². The number of aromatic nitrogens is 2. The van der Waals surface area contributed by atoms with Crippen LogP contribution in [0, 0.1) is 0 Å². The molecule has 29 heavy (non-hydrogen) atoms. The van der Waals surface area contributed by atoms with Crippen molar-refractivity contribution in [1.29, 1.82) is 0 Å². The number of rotatable bonds is 8. The second-order valence-electron chi connectivity index (χ2n) is 7.19. The monoisotopic (exact) mass is 412 g/mol. The molecule has 3 rings (SSSR count). The van der Waals surface area contributed by atoms with Gasteiger partial charge in [-0.3, -0.25) is 9.59 Å². The van der Waals surface area contributed by atoms with Crippen LogP contribution in [-0.2, 0) is 17.8 Å². The Morgan fingerprint density at radius 3 is 2.55 bits per heavy atom. The normalized spacial score (nSPS) is 11.0. The summed E-state index contributed by atoms with van der Waals surface area (Å²) < 4.78 is 1.95. The van der Waals surface area contributed by atoms with E-state index in [4.69, 9.17) is 11.6 Å². The van der Waals surface area contributed by atoms with Gasteiger partial charge >= 0.3 is 0 Å². The zero-order chi connectivity index (χ0) is 20.8. The Morgan fingerprint density at radius 1 is 1.10 bits per heavy atom. The average molecular weight is 413 g/mol. The van der Waals surface area contributed by atoms with E-state index in [1.165, 1.54) is 0 Å². The van der Waals surface area contributed by atoms with Crippen molar-refractivity contribution in [3.05, 3.63) is 64.9 Å². The van der Waals surface area contributed by atoms with E-state index in [0.29, 0.717) is 30.0 Å². The second kappa shape index (κ2) is 9.56. The smallest absolute Gasteiger partial charge is 0.251 e. The van der Waals surface area contributed by atoms with Gasteiger partial charge in [-0.25, -0.2) is 4.98 Å². The molecule has 2 N–H and O–H groups in total. The van der Waals surface area contributed by atoms with Crippen molar-refractivity contribution < 1.29 is 9.59 Å². The zero-order valence-corrected chi connectivity index (χ0v) is 17.4. The fraction of sp³-hybridized carbons (Fsp3) is 0.318. The third-order valence-corrected chi connectivity index (χ3v) is 4.71. The Bertz CT molecular complexity index is 996. The molecule has 0 aliphatic rings. The maximum atomic E-state index is 12.3. The van der Waals surface area contributed by atoms with Gasteiger partial charge in [0.25, 0.3) is 5.91 Å². The van der Waals surface area contributed by atoms with E-state index in [1.54, 1.807) is 24.3 Å². The first-order valence-corrected chi connectivity index (χ1v) is 10.1. The van der Waals surface area contributed by atoms with E-state index in [0.717, 1.165) is 16.9 Å². The Hall–Kier alpha value is -2.86. The second-order valence-corrected chi connectivity index (χ2v) is 7.63. The Labute approximate surface area is 175 Å². The van der Waals surface area contributed by atoms with Crippen LogP contribution in [0.25, 0.3) is 11.0 Å². The molecular formula is C22H25ClN4O2. The van der Waals surface area contributed by atoms with Gasteiger partial charge < -0.3 is 15.2 Å². The van der Waals surface area contributed by atoms with Crippen LogP contribution in [0.3, 0.4) is 0 Å². The molecule has 152 valence electrons. The molecule has 0 bridgehead atoms. The van der Waals surface area contributed by atoms with Gasteiger partial charge in [0.15, 0.2) is 0 Å². The molecule has 0 aliphatic carbocycles. The maximum Gasteiger partial charge on any atom is 0.251 e. The molecule has 7 heteroatoms. The van der Waals surface area contributed by atoms with Crippen LogP contribution >= 0.6 is 11.6 Å². The van der Waals surface area contributed by atoms with E-state index < -0.39 is 0 Å². The highest BCUT2D eigenvalue weighted by Crippen LogP contribution is 2.17. The van der Waals surface area contributed by atoms with Gasteiger partial charge in [-0.1, -0.05) is 23.7 Å². The lowest BCUT2D eigenvalue weighted by molar-refractivity contribution is -0.122. The molecule has 2 aromatic carbocycles. The first-order valence-electron chi connectivity index (χ1n) is 9.71. The van der Waals surface area contributed by atoms with Crippen molar-refractivity contribution in [2.45, 2.75) is 39.3 Å². The number of hydrogen-bond donors (Lipinski definition) is 2. The van der Waals surface area contributed by atoms with Crippen molar-refractivity contribution in [2.75, 3.05) is 6.54 Å². The zero-order valence-electron chi connectivity index (χ0n) is 16.6. The first kappa shape index (κ1) is 20.9. The fourth-order valence-electron chi connectivity index (χ4n) is 3.16. The third-order valence-electron chi connectivity index (χ3n) is 4.45. The Morgan fingerprint density at radius 2 is 1.83 bits per heavy atom. The van der Waals surface area contributed by atoms with E-state index in [2.05, 4.69) is 15.6 Å². The molecule has 2 amide bonds. The van der Waals surface area contributed by atoms with Gasteiger partial charge in [0, 0.05) is 29.6 Å². The quantitative estimate of drug-likeness (QED) is 0.555. The van der Waals surface area contributed by atoms with Crippen molar-refractivity contribution in [3.8, 4) is 0 Å². The summed E-state index contributed by atoms with van der Waals surface area (Å²) in [6.07, 6.45) is 1.37. The van der Waals surface area contributed by atoms with Gasteiger partial charge in [-0.2, -0.15) is 0 Å². The first-order chi connectivity index (χ1) is 13.9. The number of imidazole rings is 1. The van der Waals surface area contributed by atoms with Crippen LogP contribution in [-0.4, -0.2) is 34.0 Å². The van der Waals surface area contributed by atoms with Crippen LogP contribution in [0.2, 0.25) is 5.02 Å². The maximum absolute atomic E-state index is 12.3. The van der Waals surface area contributed by atoms with Gasteiger partial charge in [-0.15, -0.1) is 0 Å². The Balaban J connectivity index is 1.63. The molecule has 0 spiro atoms. The molecule has 0 unspecified atom stereocenters. The van der Waals surface area contributed by atoms with Gasteiger partial charge in [-0.05, 0) is 56.7 Å². The largest absolute Gasteiger partial charge is 0.352 e. The van der Waals surface area contributed by atoms with Gasteiger partial charge in [0.05, 0.1) is 11.0 Å². The lowest BCUT2D eigenvalue weighted by Crippen LogP contribution is -2.33. The number of aryl methyl sites for hydroxylation is 1. The number of carbonyl (C=O) groups excluding carboxylic acids is 2. The van der Waals surface area contributed by atoms with Crippen molar-refractivity contribution in [2.24, 2.45) is 0 Å². The molecule has 0 saturated heterocycles. The predicted molar refractivity (Wildman–Crippen MR) is 115 cm³/mol. The summed E-state index contributed by atoms with van der Waals surface area (Å²) in [7, 11) is 0. The molecule has 0 fully saturated rings. The lowest BCUT2D eigenvalue weighted by atomic mass is 10.2. The average Bonchev–Trinajstić information content (AvgIpc) is 3.02. The third kappa shape index (κ3) is 5.57. The summed E-state index contributed by atoms with van der Waals surface area (Å²) in [5, 5.41) is 6.43. The van der Waals surface area contributed by atoms with Crippen molar-refractivity contribution >= 4 is 34.4 Å². The van der Waals surface area contributed by atoms with E-state index in [1.807, 2.05) is 42.7 Å². The summed E-state index contributed by atoms with van der Waals surface area (Å²) in [6, 6.07) is 14.7.